The number of hydroxylamine groups is 1. The van der Waals surface area contributed by atoms with Gasteiger partial charge in [-0.2, -0.15) is 0 Å². The predicted molar refractivity (Wildman–Crippen MR) is 138 cm³/mol. The monoisotopic (exact) mass is 454 g/mol. The largest absolute Gasteiger partial charge is 0.404 e. The molecule has 0 radical (unpaired) electrons. The first-order chi connectivity index (χ1) is 15.5. The molecule has 0 saturated carbocycles. The second-order valence-corrected chi connectivity index (χ2v) is 7.22. The van der Waals surface area contributed by atoms with Gasteiger partial charge < -0.3 is 21.0 Å². The third-order valence-corrected chi connectivity index (χ3v) is 5.15. The molecule has 7 heteroatoms. The van der Waals surface area contributed by atoms with E-state index in [1.54, 1.807) is 13.2 Å². The summed E-state index contributed by atoms with van der Waals surface area (Å²) in [4.78, 5) is 10.3. The van der Waals surface area contributed by atoms with Gasteiger partial charge in [-0.3, -0.25) is 0 Å². The summed E-state index contributed by atoms with van der Waals surface area (Å²) in [7, 11) is 1.63. The van der Waals surface area contributed by atoms with E-state index in [-0.39, 0.29) is 0 Å². The SMILES string of the molecule is C=CC(=C\N)/C(=C/C)/N=C1/SC(NOC(=C)CCOC)=C(N)/C1=C\c1ccccc1.CC. The Kier molecular flexibility index (Phi) is 12.4. The smallest absolute Gasteiger partial charge is 0.135 e. The van der Waals surface area contributed by atoms with Crippen LogP contribution in [0.1, 0.15) is 32.8 Å². The highest BCUT2D eigenvalue weighted by Crippen LogP contribution is 2.36. The van der Waals surface area contributed by atoms with Crippen molar-refractivity contribution in [2.75, 3.05) is 13.7 Å². The molecule has 1 aliphatic heterocycles. The molecule has 1 aromatic carbocycles. The van der Waals surface area contributed by atoms with Crippen molar-refractivity contribution in [2.24, 2.45) is 16.5 Å². The third kappa shape index (κ3) is 7.83. The number of methoxy groups -OCH3 is 1. The summed E-state index contributed by atoms with van der Waals surface area (Å²) in [5.41, 5.74) is 18.8. The molecule has 0 saturated heterocycles. The van der Waals surface area contributed by atoms with Gasteiger partial charge in [0, 0.05) is 30.9 Å². The van der Waals surface area contributed by atoms with E-state index >= 15 is 0 Å². The molecule has 0 amide bonds. The lowest BCUT2D eigenvalue weighted by atomic mass is 10.1. The van der Waals surface area contributed by atoms with Gasteiger partial charge in [0.2, 0.25) is 0 Å². The minimum atomic E-state index is 0.522. The number of nitrogens with two attached hydrogens (primary N) is 2. The number of hydrogen-bond acceptors (Lipinski definition) is 7. The first kappa shape index (κ1) is 26.9. The lowest BCUT2D eigenvalue weighted by Gasteiger charge is -2.10. The fourth-order valence-electron chi connectivity index (χ4n) is 2.51. The molecule has 2 rings (SSSR count). The quantitative estimate of drug-likeness (QED) is 0.250. The topological polar surface area (TPSA) is 94.9 Å². The van der Waals surface area contributed by atoms with Crippen LogP contribution in [0.3, 0.4) is 0 Å². The molecule has 0 bridgehead atoms. The van der Waals surface area contributed by atoms with Crippen molar-refractivity contribution in [2.45, 2.75) is 27.2 Å². The summed E-state index contributed by atoms with van der Waals surface area (Å²) >= 11 is 1.38. The van der Waals surface area contributed by atoms with Crippen LogP contribution in [-0.4, -0.2) is 18.8 Å². The summed E-state index contributed by atoms with van der Waals surface area (Å²) in [6.45, 7) is 14.1. The van der Waals surface area contributed by atoms with Crippen molar-refractivity contribution in [1.82, 2.24) is 5.48 Å². The van der Waals surface area contributed by atoms with E-state index in [0.29, 0.717) is 35.2 Å². The molecule has 5 N–H and O–H groups in total. The normalized spacial score (nSPS) is 16.6. The molecule has 0 aromatic heterocycles. The van der Waals surface area contributed by atoms with Gasteiger partial charge >= 0.3 is 0 Å². The molecule has 1 heterocycles. The van der Waals surface area contributed by atoms with Gasteiger partial charge in [0.15, 0.2) is 0 Å². The van der Waals surface area contributed by atoms with E-state index in [1.165, 1.54) is 18.0 Å². The molecule has 0 aliphatic carbocycles. The van der Waals surface area contributed by atoms with Crippen molar-refractivity contribution >= 4 is 22.9 Å². The zero-order valence-corrected chi connectivity index (χ0v) is 20.2. The zero-order chi connectivity index (χ0) is 23.9. The minimum Gasteiger partial charge on any atom is -0.404 e. The molecule has 32 heavy (non-hydrogen) atoms. The van der Waals surface area contributed by atoms with Crippen LogP contribution < -0.4 is 16.9 Å². The van der Waals surface area contributed by atoms with Gasteiger partial charge in [0.25, 0.3) is 0 Å². The summed E-state index contributed by atoms with van der Waals surface area (Å²) in [5.74, 6) is 0.547. The fraction of sp³-hybridized carbons (Fsp3) is 0.240. The Morgan fingerprint density at radius 1 is 1.25 bits per heavy atom. The van der Waals surface area contributed by atoms with Crippen molar-refractivity contribution in [3.05, 3.63) is 101 Å². The number of nitrogens with one attached hydrogen (secondary N) is 1. The molecule has 0 atom stereocenters. The van der Waals surface area contributed by atoms with E-state index in [4.69, 9.17) is 26.0 Å². The molecule has 172 valence electrons. The predicted octanol–water partition coefficient (Wildman–Crippen LogP) is 5.37. The lowest BCUT2D eigenvalue weighted by Crippen LogP contribution is -2.15. The van der Waals surface area contributed by atoms with Crippen LogP contribution in [-0.2, 0) is 9.57 Å². The van der Waals surface area contributed by atoms with Gasteiger partial charge in [-0.05, 0) is 30.3 Å². The average molecular weight is 455 g/mol. The summed E-state index contributed by atoms with van der Waals surface area (Å²) in [6, 6.07) is 9.91. The second-order valence-electron chi connectivity index (χ2n) is 6.22. The summed E-state index contributed by atoms with van der Waals surface area (Å²) in [5, 5.41) is 1.36. The van der Waals surface area contributed by atoms with Crippen LogP contribution in [0.4, 0.5) is 0 Å². The molecular formula is C25H34N4O2S. The Morgan fingerprint density at radius 2 is 1.94 bits per heavy atom. The first-order valence-electron chi connectivity index (χ1n) is 10.4. The van der Waals surface area contributed by atoms with Gasteiger partial charge in [0.1, 0.15) is 15.8 Å². The number of aliphatic imine (C=N–C) groups is 1. The van der Waals surface area contributed by atoms with Gasteiger partial charge in [-0.15, -0.1) is 0 Å². The zero-order valence-electron chi connectivity index (χ0n) is 19.4. The molecule has 0 unspecified atom stereocenters. The Labute approximate surface area is 196 Å². The van der Waals surface area contributed by atoms with Crippen LogP contribution in [0, 0.1) is 0 Å². The third-order valence-electron chi connectivity index (χ3n) is 4.14. The number of allylic oxidation sites excluding steroid dienone is 3. The van der Waals surface area contributed by atoms with Crippen molar-refractivity contribution in [3.63, 3.8) is 0 Å². The maximum Gasteiger partial charge on any atom is 0.135 e. The summed E-state index contributed by atoms with van der Waals surface area (Å²) in [6.07, 6.45) is 7.58. The molecular weight excluding hydrogens is 420 g/mol. The fourth-order valence-corrected chi connectivity index (χ4v) is 3.43. The Balaban J connectivity index is 0.00000249. The van der Waals surface area contributed by atoms with Crippen LogP contribution in [0.2, 0.25) is 0 Å². The Morgan fingerprint density at radius 3 is 2.50 bits per heavy atom. The molecule has 1 aromatic rings. The van der Waals surface area contributed by atoms with Crippen molar-refractivity contribution < 1.29 is 9.57 Å². The highest BCUT2D eigenvalue weighted by atomic mass is 32.2. The van der Waals surface area contributed by atoms with Crippen LogP contribution in [0.15, 0.2) is 100 Å². The Bertz CT molecular complexity index is 929. The summed E-state index contributed by atoms with van der Waals surface area (Å²) < 4.78 is 5.04. The lowest BCUT2D eigenvalue weighted by molar-refractivity contribution is 0.112. The number of rotatable bonds is 10. The maximum absolute atomic E-state index is 6.44. The van der Waals surface area contributed by atoms with Crippen molar-refractivity contribution in [1.29, 1.82) is 0 Å². The van der Waals surface area contributed by atoms with Gasteiger partial charge in [0.05, 0.1) is 18.0 Å². The van der Waals surface area contributed by atoms with Crippen LogP contribution >= 0.6 is 11.8 Å². The van der Waals surface area contributed by atoms with E-state index < -0.39 is 0 Å². The van der Waals surface area contributed by atoms with Crippen molar-refractivity contribution in [3.8, 4) is 0 Å². The number of thioether (sulfide) groups is 1. The highest BCUT2D eigenvalue weighted by Gasteiger charge is 2.26. The number of nitrogens with zero attached hydrogens (tertiary/aromatic N) is 1. The highest BCUT2D eigenvalue weighted by molar-refractivity contribution is 8.18. The first-order valence-corrected chi connectivity index (χ1v) is 11.2. The second kappa shape index (κ2) is 14.8. The van der Waals surface area contributed by atoms with Gasteiger partial charge in [-0.1, -0.05) is 69.5 Å². The number of hydrogen-bond donors (Lipinski definition) is 3. The van der Waals surface area contributed by atoms with Gasteiger partial charge in [-0.25, -0.2) is 10.5 Å². The standard InChI is InChI=1S/C23H28N4O2S.C2H6/c1-5-18(15-24)20(6-2)26-22-19(14-17-10-8-7-9-11-17)21(25)23(30-22)27-29-16(3)12-13-28-4;1-2/h5-11,14-15,27H,1,3,12-13,24-25H2,2,4H3;1-2H3/b18-15+,19-14+,20-6-,26-22+;. The molecule has 1 aliphatic rings. The average Bonchev–Trinajstić information content (AvgIpc) is 3.12. The van der Waals surface area contributed by atoms with E-state index in [1.807, 2.05) is 63.3 Å². The molecule has 6 nitrogen and oxygen atoms in total. The van der Waals surface area contributed by atoms with Crippen LogP contribution in [0.5, 0.6) is 0 Å². The number of ether oxygens (including phenoxy) is 1. The molecule has 0 fully saturated rings. The number of benzene rings is 1. The molecule has 0 spiro atoms. The van der Waals surface area contributed by atoms with E-state index in [0.717, 1.165) is 21.8 Å². The van der Waals surface area contributed by atoms with Crippen LogP contribution in [0.25, 0.3) is 6.08 Å². The van der Waals surface area contributed by atoms with E-state index in [9.17, 15) is 0 Å². The Hall–Kier alpha value is -3.16. The van der Waals surface area contributed by atoms with E-state index in [2.05, 4.69) is 18.6 Å². The maximum atomic E-state index is 6.44. The minimum absolute atomic E-state index is 0.522.